The number of hydrogen-bond acceptors (Lipinski definition) is 9. The highest BCUT2D eigenvalue weighted by Crippen LogP contribution is 2.40. The molecule has 0 aliphatic carbocycles. The van der Waals surface area contributed by atoms with Crippen LogP contribution in [0.1, 0.15) is 0 Å². The van der Waals surface area contributed by atoms with Crippen LogP contribution >= 0.6 is 46.8 Å². The molecule has 0 radical (unpaired) electrons. The van der Waals surface area contributed by atoms with Crippen molar-refractivity contribution < 1.29 is 14.7 Å². The number of amides is 1. The number of β-lactam (4-membered cyclic amide) rings is 1. The number of thioether (sulfide) groups is 3. The zero-order chi connectivity index (χ0) is 15.9. The second kappa shape index (κ2) is 6.40. The van der Waals surface area contributed by atoms with Gasteiger partial charge in [-0.1, -0.05) is 23.5 Å². The maximum absolute atomic E-state index is 11.8. The van der Waals surface area contributed by atoms with Gasteiger partial charge in [0.1, 0.15) is 17.1 Å². The highest BCUT2D eigenvalue weighted by molar-refractivity contribution is 8.02. The van der Waals surface area contributed by atoms with E-state index in [1.165, 1.54) is 51.7 Å². The summed E-state index contributed by atoms with van der Waals surface area (Å²) in [5.41, 5.74) is 6.52. The first-order chi connectivity index (χ1) is 10.5. The molecule has 118 valence electrons. The summed E-state index contributed by atoms with van der Waals surface area (Å²) in [5, 5.41) is 9.89. The summed E-state index contributed by atoms with van der Waals surface area (Å²) < 4.78 is 4.96. The van der Waals surface area contributed by atoms with E-state index < -0.39 is 12.0 Å². The summed E-state index contributed by atoms with van der Waals surface area (Å²) >= 11 is 5.71. The summed E-state index contributed by atoms with van der Waals surface area (Å²) in [6, 6.07) is -0.596. The van der Waals surface area contributed by atoms with Gasteiger partial charge in [0.05, 0.1) is 0 Å². The smallest absolute Gasteiger partial charge is 0.352 e. The maximum Gasteiger partial charge on any atom is 0.352 e. The van der Waals surface area contributed by atoms with Gasteiger partial charge in [-0.05, 0) is 23.4 Å². The van der Waals surface area contributed by atoms with Gasteiger partial charge in [-0.2, -0.15) is 4.37 Å². The molecule has 3 heterocycles. The van der Waals surface area contributed by atoms with Crippen molar-refractivity contribution in [3.8, 4) is 0 Å². The number of aliphatic carboxylic acids is 1. The molecule has 3 rings (SSSR count). The van der Waals surface area contributed by atoms with Crippen LogP contribution in [0.5, 0.6) is 0 Å². The van der Waals surface area contributed by atoms with Gasteiger partial charge in [0.2, 0.25) is 11.1 Å². The van der Waals surface area contributed by atoms with Crippen LogP contribution in [0.3, 0.4) is 0 Å². The lowest BCUT2D eigenvalue weighted by Gasteiger charge is -2.48. The number of aromatic nitrogens is 2. The van der Waals surface area contributed by atoms with Crippen molar-refractivity contribution >= 4 is 58.7 Å². The molecule has 1 aromatic heterocycles. The Morgan fingerprint density at radius 2 is 2.36 bits per heavy atom. The van der Waals surface area contributed by atoms with E-state index in [4.69, 9.17) is 5.73 Å². The van der Waals surface area contributed by atoms with Crippen molar-refractivity contribution in [2.24, 2.45) is 5.73 Å². The van der Waals surface area contributed by atoms with E-state index in [9.17, 15) is 14.7 Å². The van der Waals surface area contributed by atoms with Crippen molar-refractivity contribution in [2.75, 3.05) is 17.8 Å². The second-order valence-electron chi connectivity index (χ2n) is 4.53. The molecule has 0 aromatic carbocycles. The van der Waals surface area contributed by atoms with Crippen LogP contribution in [-0.2, 0) is 9.59 Å². The first-order valence-electron chi connectivity index (χ1n) is 6.19. The number of carbonyl (C=O) groups is 2. The molecular weight excluding hydrogens is 364 g/mol. The van der Waals surface area contributed by atoms with E-state index in [2.05, 4.69) is 9.36 Å². The minimum atomic E-state index is -1.08. The number of carboxylic acids is 1. The summed E-state index contributed by atoms with van der Waals surface area (Å²) in [4.78, 5) is 29.0. The Bertz CT molecular complexity index is 662. The number of hydrogen-bond donors (Lipinski definition) is 2. The van der Waals surface area contributed by atoms with Crippen LogP contribution in [-0.4, -0.2) is 60.4 Å². The predicted molar refractivity (Wildman–Crippen MR) is 88.1 cm³/mol. The fourth-order valence-electron chi connectivity index (χ4n) is 2.18. The lowest BCUT2D eigenvalue weighted by Crippen LogP contribution is -2.68. The molecule has 1 aromatic rings. The van der Waals surface area contributed by atoms with Crippen LogP contribution < -0.4 is 5.73 Å². The molecule has 2 atom stereocenters. The van der Waals surface area contributed by atoms with Gasteiger partial charge >= 0.3 is 5.97 Å². The Balaban J connectivity index is 1.78. The molecule has 22 heavy (non-hydrogen) atoms. The zero-order valence-electron chi connectivity index (χ0n) is 11.4. The number of nitrogens with zero attached hydrogens (tertiary/aromatic N) is 3. The van der Waals surface area contributed by atoms with Gasteiger partial charge in [-0.25, -0.2) is 9.78 Å². The van der Waals surface area contributed by atoms with Crippen LogP contribution in [0.15, 0.2) is 20.8 Å². The molecule has 1 unspecified atom stereocenters. The fraction of sp³-hybridized carbons (Fsp3) is 0.455. The third-order valence-electron chi connectivity index (χ3n) is 3.23. The first kappa shape index (κ1) is 16.1. The van der Waals surface area contributed by atoms with Crippen molar-refractivity contribution in [1.82, 2.24) is 14.3 Å². The summed E-state index contributed by atoms with van der Waals surface area (Å²) in [6.45, 7) is 0. The summed E-state index contributed by atoms with van der Waals surface area (Å²) in [6.07, 6.45) is 1.90. The van der Waals surface area contributed by atoms with Crippen molar-refractivity contribution in [3.05, 3.63) is 11.3 Å². The number of carbonyl (C=O) groups excluding carboxylic acids is 1. The largest absolute Gasteiger partial charge is 0.477 e. The van der Waals surface area contributed by atoms with E-state index >= 15 is 0 Å². The molecule has 7 nitrogen and oxygen atoms in total. The molecule has 3 N–H and O–H groups in total. The fourth-order valence-corrected chi connectivity index (χ4v) is 5.82. The van der Waals surface area contributed by atoms with Crippen LogP contribution in [0.2, 0.25) is 0 Å². The average molecular weight is 377 g/mol. The third kappa shape index (κ3) is 2.75. The lowest BCUT2D eigenvalue weighted by atomic mass is 10.0. The van der Waals surface area contributed by atoms with Gasteiger partial charge in [-0.15, -0.1) is 11.8 Å². The Morgan fingerprint density at radius 3 is 3.00 bits per heavy atom. The first-order valence-corrected chi connectivity index (χ1v) is 10.2. The van der Waals surface area contributed by atoms with E-state index in [0.29, 0.717) is 16.7 Å². The number of nitrogens with two attached hydrogens (primary N) is 1. The Morgan fingerprint density at radius 1 is 1.59 bits per heavy atom. The average Bonchev–Trinajstić information content (AvgIpc) is 2.99. The van der Waals surface area contributed by atoms with Gasteiger partial charge in [-0.3, -0.25) is 9.69 Å². The molecule has 2 aliphatic rings. The topological polar surface area (TPSA) is 109 Å². The van der Waals surface area contributed by atoms with Crippen molar-refractivity contribution in [1.29, 1.82) is 0 Å². The number of fused-ring (bicyclic) bond motifs is 1. The maximum atomic E-state index is 11.8. The molecule has 1 fully saturated rings. The van der Waals surface area contributed by atoms with Gasteiger partial charge in [0.15, 0.2) is 4.34 Å². The van der Waals surface area contributed by atoms with E-state index in [0.717, 1.165) is 9.91 Å². The Hall–Kier alpha value is -0.750. The SMILES string of the molecule is CSc1nsc(SCC2=C(C(=O)O)N3C(=O)C(N)[C@@H]3SC2)n1. The zero-order valence-corrected chi connectivity index (χ0v) is 14.7. The van der Waals surface area contributed by atoms with E-state index in [-0.39, 0.29) is 17.0 Å². The van der Waals surface area contributed by atoms with E-state index in [1.54, 1.807) is 0 Å². The van der Waals surface area contributed by atoms with Crippen molar-refractivity contribution in [2.45, 2.75) is 20.9 Å². The Kier molecular flexibility index (Phi) is 4.69. The normalized spacial score (nSPS) is 24.3. The second-order valence-corrected chi connectivity index (χ2v) is 8.38. The van der Waals surface area contributed by atoms with Crippen LogP contribution in [0, 0.1) is 0 Å². The summed E-state index contributed by atoms with van der Waals surface area (Å²) in [7, 11) is 0. The molecular formula is C11H12N4O3S4. The van der Waals surface area contributed by atoms with E-state index in [1.807, 2.05) is 6.26 Å². The number of rotatable bonds is 5. The molecule has 0 spiro atoms. The molecule has 1 amide bonds. The van der Waals surface area contributed by atoms with Crippen LogP contribution in [0.25, 0.3) is 0 Å². The summed E-state index contributed by atoms with van der Waals surface area (Å²) in [5.74, 6) is -0.366. The van der Waals surface area contributed by atoms with Crippen molar-refractivity contribution in [3.63, 3.8) is 0 Å². The minimum Gasteiger partial charge on any atom is -0.477 e. The highest BCUT2D eigenvalue weighted by atomic mass is 32.2. The molecule has 0 saturated carbocycles. The Labute approximate surface area is 143 Å². The lowest BCUT2D eigenvalue weighted by molar-refractivity contribution is -0.147. The predicted octanol–water partition coefficient (Wildman–Crippen LogP) is 0.933. The van der Waals surface area contributed by atoms with Gasteiger partial charge in [0, 0.05) is 11.5 Å². The quantitative estimate of drug-likeness (QED) is 0.573. The third-order valence-corrected chi connectivity index (χ3v) is 7.18. The molecule has 1 saturated heterocycles. The highest BCUT2D eigenvalue weighted by Gasteiger charge is 2.51. The van der Waals surface area contributed by atoms with Gasteiger partial charge < -0.3 is 10.8 Å². The molecule has 0 bridgehead atoms. The van der Waals surface area contributed by atoms with Crippen LogP contribution in [0.4, 0.5) is 0 Å². The molecule has 11 heteroatoms. The van der Waals surface area contributed by atoms with Gasteiger partial charge in [0.25, 0.3) is 0 Å². The standard InChI is InChI=1S/C11H12N4O3S4/c1-19-10-13-11(22-14-10)21-3-4-2-20-8-5(12)7(16)15(8)6(4)9(17)18/h5,8H,2-3,12H2,1H3,(H,17,18)/t5?,8-/m0/s1. The number of carboxylic acid groups (broad SMARTS) is 1. The monoisotopic (exact) mass is 376 g/mol. The molecule has 2 aliphatic heterocycles. The minimum absolute atomic E-state index is 0.0811.